The molecule has 0 saturated heterocycles. The summed E-state index contributed by atoms with van der Waals surface area (Å²) in [5.74, 6) is 0.00227. The maximum Gasteiger partial charge on any atom is 0.228 e. The van der Waals surface area contributed by atoms with Crippen LogP contribution in [-0.2, 0) is 4.79 Å². The fraction of sp³-hybridized carbons (Fsp3) is 0.211. The molecular formula is C19H16N2O3. The van der Waals surface area contributed by atoms with Crippen LogP contribution in [0.15, 0.2) is 53.2 Å². The number of pyridine rings is 1. The second kappa shape index (κ2) is 5.60. The van der Waals surface area contributed by atoms with Gasteiger partial charge in [0, 0.05) is 30.6 Å². The van der Waals surface area contributed by atoms with Crippen molar-refractivity contribution in [3.63, 3.8) is 0 Å². The molecule has 3 aromatic rings. The number of carbonyl (C=O) groups is 2. The average Bonchev–Trinajstić information content (AvgIpc) is 3.32. The van der Waals surface area contributed by atoms with Crippen molar-refractivity contribution in [1.29, 1.82) is 0 Å². The molecule has 1 fully saturated rings. The normalized spacial score (nSPS) is 19.2. The van der Waals surface area contributed by atoms with E-state index in [-0.39, 0.29) is 29.3 Å². The Labute approximate surface area is 138 Å². The highest BCUT2D eigenvalue weighted by atomic mass is 16.3. The van der Waals surface area contributed by atoms with Crippen LogP contribution in [0, 0.1) is 5.92 Å². The van der Waals surface area contributed by atoms with Crippen LogP contribution in [0.5, 0.6) is 0 Å². The van der Waals surface area contributed by atoms with Gasteiger partial charge in [0.15, 0.2) is 11.5 Å². The van der Waals surface area contributed by atoms with Gasteiger partial charge in [-0.3, -0.25) is 14.6 Å². The van der Waals surface area contributed by atoms with Gasteiger partial charge < -0.3 is 9.73 Å². The number of Topliss-reactive ketones (excluding diaryl/α,β-unsaturated/α-hetero) is 1. The predicted octanol–water partition coefficient (Wildman–Crippen LogP) is 3.77. The first-order valence-electron chi connectivity index (χ1n) is 7.88. The van der Waals surface area contributed by atoms with Crippen LogP contribution in [-0.4, -0.2) is 16.7 Å². The summed E-state index contributed by atoms with van der Waals surface area (Å²) in [6.45, 7) is 1.43. The predicted molar refractivity (Wildman–Crippen MR) is 89.9 cm³/mol. The van der Waals surface area contributed by atoms with Crippen molar-refractivity contribution < 1.29 is 14.0 Å². The van der Waals surface area contributed by atoms with E-state index in [2.05, 4.69) is 10.3 Å². The summed E-state index contributed by atoms with van der Waals surface area (Å²) in [5, 5.41) is 3.65. The van der Waals surface area contributed by atoms with Gasteiger partial charge in [0.25, 0.3) is 0 Å². The Morgan fingerprint density at radius 1 is 1.21 bits per heavy atom. The van der Waals surface area contributed by atoms with Gasteiger partial charge in [0.1, 0.15) is 5.58 Å². The van der Waals surface area contributed by atoms with Crippen molar-refractivity contribution in [2.45, 2.75) is 19.3 Å². The highest BCUT2D eigenvalue weighted by molar-refractivity contribution is 6.11. The number of furan rings is 1. The van der Waals surface area contributed by atoms with Gasteiger partial charge >= 0.3 is 0 Å². The number of hydrogen-bond acceptors (Lipinski definition) is 4. The lowest BCUT2D eigenvalue weighted by Crippen LogP contribution is -2.16. The van der Waals surface area contributed by atoms with Crippen LogP contribution in [0.4, 0.5) is 5.69 Å². The van der Waals surface area contributed by atoms with Crippen molar-refractivity contribution in [1.82, 2.24) is 4.98 Å². The number of para-hydroxylation sites is 1. The van der Waals surface area contributed by atoms with Crippen LogP contribution < -0.4 is 5.32 Å². The Bertz CT molecular complexity index is 930. The number of nitrogens with zero attached hydrogens (tertiary/aromatic N) is 1. The average molecular weight is 320 g/mol. The van der Waals surface area contributed by atoms with Crippen LogP contribution in [0.3, 0.4) is 0 Å². The lowest BCUT2D eigenvalue weighted by Gasteiger charge is -2.05. The van der Waals surface area contributed by atoms with Crippen molar-refractivity contribution in [3.8, 4) is 0 Å². The quantitative estimate of drug-likeness (QED) is 0.743. The molecule has 1 saturated carbocycles. The van der Waals surface area contributed by atoms with Gasteiger partial charge in [0.05, 0.1) is 5.69 Å². The molecule has 4 rings (SSSR count). The molecule has 0 bridgehead atoms. The number of carbonyl (C=O) groups excluding carboxylic acids is 2. The fourth-order valence-corrected chi connectivity index (χ4v) is 3.08. The Balaban J connectivity index is 1.60. The topological polar surface area (TPSA) is 72.2 Å². The Morgan fingerprint density at radius 3 is 2.79 bits per heavy atom. The number of nitrogens with one attached hydrogen (secondary N) is 1. The van der Waals surface area contributed by atoms with Gasteiger partial charge in [-0.2, -0.15) is 0 Å². The molecule has 0 aliphatic heterocycles. The summed E-state index contributed by atoms with van der Waals surface area (Å²) in [6, 6.07) is 11.2. The van der Waals surface area contributed by atoms with Crippen LogP contribution in [0.1, 0.15) is 35.4 Å². The number of ketones is 1. The fourth-order valence-electron chi connectivity index (χ4n) is 3.08. The Kier molecular flexibility index (Phi) is 3.41. The molecule has 120 valence electrons. The minimum absolute atomic E-state index is 0.0853. The second-order valence-corrected chi connectivity index (χ2v) is 6.08. The molecule has 0 spiro atoms. The van der Waals surface area contributed by atoms with Crippen molar-refractivity contribution in [2.75, 3.05) is 5.32 Å². The van der Waals surface area contributed by atoms with E-state index in [4.69, 9.17) is 4.42 Å². The summed E-state index contributed by atoms with van der Waals surface area (Å²) in [6.07, 6.45) is 4.31. The summed E-state index contributed by atoms with van der Waals surface area (Å²) in [5.41, 5.74) is 2.14. The van der Waals surface area contributed by atoms with Gasteiger partial charge in [-0.25, -0.2) is 0 Å². The third kappa shape index (κ3) is 2.48. The van der Waals surface area contributed by atoms with E-state index in [0.717, 1.165) is 17.4 Å². The number of fused-ring (bicyclic) bond motifs is 1. The molecule has 5 heteroatoms. The number of aromatic nitrogens is 1. The first-order chi connectivity index (χ1) is 11.6. The molecule has 5 nitrogen and oxygen atoms in total. The van der Waals surface area contributed by atoms with Crippen LogP contribution in [0.2, 0.25) is 0 Å². The first-order valence-corrected chi connectivity index (χ1v) is 7.88. The second-order valence-electron chi connectivity index (χ2n) is 6.08. The lowest BCUT2D eigenvalue weighted by molar-refractivity contribution is -0.117. The minimum Gasteiger partial charge on any atom is -0.451 e. The lowest BCUT2D eigenvalue weighted by atomic mass is 10.1. The summed E-state index contributed by atoms with van der Waals surface area (Å²) < 4.78 is 5.60. The van der Waals surface area contributed by atoms with Crippen molar-refractivity contribution >= 4 is 28.3 Å². The largest absolute Gasteiger partial charge is 0.451 e. The minimum atomic E-state index is -0.207. The number of hydrogen-bond donors (Lipinski definition) is 1. The summed E-state index contributed by atoms with van der Waals surface area (Å²) in [4.78, 5) is 28.5. The SMILES string of the molecule is CC(=O)c1oc2ccccc2c1NC(=O)C1CC1c1cccnc1. The molecule has 2 atom stereocenters. The van der Waals surface area contributed by atoms with E-state index in [0.29, 0.717) is 11.3 Å². The van der Waals surface area contributed by atoms with Gasteiger partial charge in [0.2, 0.25) is 5.91 Å². The van der Waals surface area contributed by atoms with Crippen molar-refractivity contribution in [3.05, 3.63) is 60.1 Å². The number of rotatable bonds is 4. The Hall–Kier alpha value is -2.95. The number of anilines is 1. The van der Waals surface area contributed by atoms with Gasteiger partial charge in [-0.05, 0) is 36.1 Å². The zero-order valence-electron chi connectivity index (χ0n) is 13.2. The monoisotopic (exact) mass is 320 g/mol. The zero-order valence-corrected chi connectivity index (χ0v) is 13.2. The van der Waals surface area contributed by atoms with Gasteiger partial charge in [-0.15, -0.1) is 0 Å². The smallest absolute Gasteiger partial charge is 0.228 e. The molecule has 1 aliphatic carbocycles. The first kappa shape index (κ1) is 14.6. The summed E-state index contributed by atoms with van der Waals surface area (Å²) in [7, 11) is 0. The molecule has 2 unspecified atom stereocenters. The molecule has 1 N–H and O–H groups in total. The maximum absolute atomic E-state index is 12.6. The van der Waals surface area contributed by atoms with E-state index in [9.17, 15) is 9.59 Å². The molecule has 1 aliphatic rings. The molecule has 24 heavy (non-hydrogen) atoms. The highest BCUT2D eigenvalue weighted by Gasteiger charge is 2.44. The zero-order chi connectivity index (χ0) is 16.7. The third-order valence-electron chi connectivity index (χ3n) is 4.40. The van der Waals surface area contributed by atoms with E-state index in [1.54, 1.807) is 18.5 Å². The van der Waals surface area contributed by atoms with E-state index < -0.39 is 0 Å². The molecule has 2 heterocycles. The standard InChI is InChI=1S/C19H16N2O3/c1-11(22)18-17(13-6-2-3-7-16(13)24-18)21-19(23)15-9-14(15)12-5-4-8-20-10-12/h2-8,10,14-15H,9H2,1H3,(H,21,23). The van der Waals surface area contributed by atoms with Crippen molar-refractivity contribution in [2.24, 2.45) is 5.92 Å². The van der Waals surface area contributed by atoms with Crippen LogP contribution in [0.25, 0.3) is 11.0 Å². The van der Waals surface area contributed by atoms with Crippen LogP contribution >= 0.6 is 0 Å². The van der Waals surface area contributed by atoms with E-state index in [1.807, 2.05) is 30.3 Å². The number of amides is 1. The molecule has 1 aromatic carbocycles. The molecule has 2 aromatic heterocycles. The molecule has 1 amide bonds. The number of benzene rings is 1. The maximum atomic E-state index is 12.6. The Morgan fingerprint density at radius 2 is 2.04 bits per heavy atom. The highest BCUT2D eigenvalue weighted by Crippen LogP contribution is 2.48. The van der Waals surface area contributed by atoms with E-state index in [1.165, 1.54) is 6.92 Å². The molecule has 0 radical (unpaired) electrons. The van der Waals surface area contributed by atoms with E-state index >= 15 is 0 Å². The van der Waals surface area contributed by atoms with Gasteiger partial charge in [-0.1, -0.05) is 18.2 Å². The molecular weight excluding hydrogens is 304 g/mol. The third-order valence-corrected chi connectivity index (χ3v) is 4.40. The summed E-state index contributed by atoms with van der Waals surface area (Å²) >= 11 is 0.